The van der Waals surface area contributed by atoms with Gasteiger partial charge in [0.25, 0.3) is 0 Å². The highest BCUT2D eigenvalue weighted by atomic mass is 16.7. The first kappa shape index (κ1) is 15.1. The van der Waals surface area contributed by atoms with Gasteiger partial charge in [0.05, 0.1) is 25.9 Å². The summed E-state index contributed by atoms with van der Waals surface area (Å²) in [5, 5.41) is 0. The summed E-state index contributed by atoms with van der Waals surface area (Å²) in [6.07, 6.45) is -0.868. The van der Waals surface area contributed by atoms with Gasteiger partial charge in [0, 0.05) is 0 Å². The van der Waals surface area contributed by atoms with Gasteiger partial charge >= 0.3 is 12.1 Å². The maximum absolute atomic E-state index is 11.9. The number of amides is 1. The number of nitrogens with zero attached hydrogens (tertiary/aromatic N) is 1. The molecule has 0 unspecified atom stereocenters. The zero-order chi connectivity index (χ0) is 14.9. The van der Waals surface area contributed by atoms with Crippen LogP contribution in [-0.4, -0.2) is 60.8 Å². The number of carbonyl (C=O) groups excluding carboxylic acids is 2. The largest absolute Gasteiger partial charge is 0.464 e. The third kappa shape index (κ3) is 2.88. The minimum Gasteiger partial charge on any atom is -0.464 e. The summed E-state index contributed by atoms with van der Waals surface area (Å²) in [5.41, 5.74) is 0. The summed E-state index contributed by atoms with van der Waals surface area (Å²) < 4.78 is 21.1. The van der Waals surface area contributed by atoms with Crippen molar-refractivity contribution in [1.29, 1.82) is 0 Å². The van der Waals surface area contributed by atoms with Crippen LogP contribution < -0.4 is 0 Å². The molecule has 0 aromatic carbocycles. The molecule has 0 aromatic rings. The van der Waals surface area contributed by atoms with E-state index in [1.165, 1.54) is 4.90 Å². The van der Waals surface area contributed by atoms with Crippen molar-refractivity contribution in [2.24, 2.45) is 0 Å². The first-order chi connectivity index (χ1) is 9.41. The number of ether oxygens (including phenoxy) is 4. The highest BCUT2D eigenvalue weighted by molar-refractivity contribution is 5.88. The number of hydrogen-bond acceptors (Lipinski definition) is 6. The van der Waals surface area contributed by atoms with E-state index in [4.69, 9.17) is 18.9 Å². The highest BCUT2D eigenvalue weighted by Crippen LogP contribution is 2.39. The number of carbonyl (C=O) groups is 2. The van der Waals surface area contributed by atoms with E-state index in [0.29, 0.717) is 6.61 Å². The second-order valence-corrected chi connectivity index (χ2v) is 5.16. The van der Waals surface area contributed by atoms with Gasteiger partial charge in [-0.2, -0.15) is 0 Å². The van der Waals surface area contributed by atoms with Crippen molar-refractivity contribution in [2.45, 2.75) is 51.7 Å². The van der Waals surface area contributed by atoms with Crippen LogP contribution >= 0.6 is 0 Å². The summed E-state index contributed by atoms with van der Waals surface area (Å²) in [6.45, 7) is 7.89. The zero-order valence-electron chi connectivity index (χ0n) is 12.3. The molecular formula is C13H21NO6. The maximum Gasteiger partial charge on any atom is 0.411 e. The Bertz CT molecular complexity index is 372. The van der Waals surface area contributed by atoms with Crippen LogP contribution in [0.2, 0.25) is 0 Å². The van der Waals surface area contributed by atoms with Crippen LogP contribution in [-0.2, 0) is 23.7 Å². The Balaban J connectivity index is 2.05. The van der Waals surface area contributed by atoms with Gasteiger partial charge in [0.1, 0.15) is 6.10 Å². The predicted molar refractivity (Wildman–Crippen MR) is 68.0 cm³/mol. The molecule has 2 heterocycles. The van der Waals surface area contributed by atoms with Crippen LogP contribution in [0.25, 0.3) is 0 Å². The molecule has 3 atom stereocenters. The van der Waals surface area contributed by atoms with Gasteiger partial charge in [0.2, 0.25) is 0 Å². The van der Waals surface area contributed by atoms with Gasteiger partial charge in [-0.05, 0) is 27.7 Å². The Morgan fingerprint density at radius 3 is 2.40 bits per heavy atom. The van der Waals surface area contributed by atoms with E-state index < -0.39 is 23.9 Å². The van der Waals surface area contributed by atoms with Crippen molar-refractivity contribution in [1.82, 2.24) is 4.90 Å². The Morgan fingerprint density at radius 1 is 1.25 bits per heavy atom. The lowest BCUT2D eigenvalue weighted by atomic mass is 10.2. The standard InChI is InChI=1S/C13H21NO6/c1-5-17-11(15)10-9(14(10)12(16)18-6-2)8-7-19-13(3,4)20-8/h8-10H,5-7H2,1-4H3/t8-,9+,10-,14?/m0/s1. The van der Waals surface area contributed by atoms with E-state index in [0.717, 1.165) is 0 Å². The Hall–Kier alpha value is -1.34. The quantitative estimate of drug-likeness (QED) is 0.565. The fourth-order valence-corrected chi connectivity index (χ4v) is 2.43. The highest BCUT2D eigenvalue weighted by Gasteiger charge is 2.63. The molecule has 0 aliphatic carbocycles. The van der Waals surface area contributed by atoms with Crippen molar-refractivity contribution >= 4 is 12.1 Å². The van der Waals surface area contributed by atoms with Crippen LogP contribution in [0, 0.1) is 0 Å². The molecule has 0 aromatic heterocycles. The van der Waals surface area contributed by atoms with Crippen LogP contribution in [0.1, 0.15) is 27.7 Å². The molecule has 2 rings (SSSR count). The average Bonchev–Trinajstić information content (AvgIpc) is 3.01. The Kier molecular flexibility index (Phi) is 4.19. The molecule has 2 aliphatic heterocycles. The third-order valence-electron chi connectivity index (χ3n) is 3.27. The molecule has 20 heavy (non-hydrogen) atoms. The van der Waals surface area contributed by atoms with E-state index in [1.54, 1.807) is 27.7 Å². The lowest BCUT2D eigenvalue weighted by molar-refractivity contribution is -0.145. The smallest absolute Gasteiger partial charge is 0.411 e. The van der Waals surface area contributed by atoms with Crippen molar-refractivity contribution in [3.63, 3.8) is 0 Å². The van der Waals surface area contributed by atoms with E-state index >= 15 is 0 Å². The molecule has 1 amide bonds. The predicted octanol–water partition coefficient (Wildman–Crippen LogP) is 0.910. The molecular weight excluding hydrogens is 266 g/mol. The Morgan fingerprint density at radius 2 is 1.90 bits per heavy atom. The molecule has 2 aliphatic rings. The van der Waals surface area contributed by atoms with E-state index in [2.05, 4.69) is 0 Å². The van der Waals surface area contributed by atoms with Gasteiger partial charge in [0.15, 0.2) is 11.8 Å². The minimum absolute atomic E-state index is 0.255. The Labute approximate surface area is 118 Å². The molecule has 2 saturated heterocycles. The molecule has 0 saturated carbocycles. The van der Waals surface area contributed by atoms with Crippen molar-refractivity contribution < 1.29 is 28.5 Å². The number of esters is 1. The van der Waals surface area contributed by atoms with Crippen LogP contribution in [0.3, 0.4) is 0 Å². The van der Waals surface area contributed by atoms with E-state index in [9.17, 15) is 9.59 Å². The van der Waals surface area contributed by atoms with Crippen LogP contribution in [0.4, 0.5) is 4.79 Å². The molecule has 7 nitrogen and oxygen atoms in total. The van der Waals surface area contributed by atoms with Gasteiger partial charge < -0.3 is 18.9 Å². The molecule has 0 bridgehead atoms. The fourth-order valence-electron chi connectivity index (χ4n) is 2.43. The van der Waals surface area contributed by atoms with Crippen LogP contribution in [0.5, 0.6) is 0 Å². The second-order valence-electron chi connectivity index (χ2n) is 5.16. The summed E-state index contributed by atoms with van der Waals surface area (Å²) in [4.78, 5) is 25.1. The molecule has 7 heteroatoms. The van der Waals surface area contributed by atoms with Crippen molar-refractivity contribution in [3.8, 4) is 0 Å². The van der Waals surface area contributed by atoms with Gasteiger partial charge in [-0.15, -0.1) is 0 Å². The van der Waals surface area contributed by atoms with Gasteiger partial charge in [-0.1, -0.05) is 0 Å². The molecule has 114 valence electrons. The average molecular weight is 287 g/mol. The topological polar surface area (TPSA) is 74.1 Å². The molecule has 0 spiro atoms. The number of rotatable bonds is 4. The number of hydrogen-bond donors (Lipinski definition) is 0. The molecule has 2 fully saturated rings. The summed E-state index contributed by atoms with van der Waals surface area (Å²) in [7, 11) is 0. The second kappa shape index (κ2) is 5.57. The molecule has 0 N–H and O–H groups in total. The molecule has 0 radical (unpaired) electrons. The SMILES string of the molecule is CCOC(=O)[C@@H]1[C@@H]([C@@H]2COC(C)(C)O2)N1C(=O)OCC. The zero-order valence-corrected chi connectivity index (χ0v) is 12.3. The lowest BCUT2D eigenvalue weighted by Gasteiger charge is -2.16. The van der Waals surface area contributed by atoms with E-state index in [1.807, 2.05) is 0 Å². The first-order valence-electron chi connectivity index (χ1n) is 6.84. The monoisotopic (exact) mass is 287 g/mol. The van der Waals surface area contributed by atoms with Gasteiger partial charge in [-0.3, -0.25) is 4.90 Å². The minimum atomic E-state index is -0.702. The summed E-state index contributed by atoms with van der Waals surface area (Å²) in [6, 6.07) is -1.02. The van der Waals surface area contributed by atoms with Crippen molar-refractivity contribution in [3.05, 3.63) is 0 Å². The van der Waals surface area contributed by atoms with Gasteiger partial charge in [-0.25, -0.2) is 9.59 Å². The summed E-state index contributed by atoms with van der Waals surface area (Å²) >= 11 is 0. The van der Waals surface area contributed by atoms with Crippen LogP contribution in [0.15, 0.2) is 0 Å². The first-order valence-corrected chi connectivity index (χ1v) is 6.84. The normalized spacial score (nSPS) is 31.0. The maximum atomic E-state index is 11.9. The third-order valence-corrected chi connectivity index (χ3v) is 3.27. The lowest BCUT2D eigenvalue weighted by Crippen LogP contribution is -2.28. The van der Waals surface area contributed by atoms with Crippen molar-refractivity contribution in [2.75, 3.05) is 19.8 Å². The summed E-state index contributed by atoms with van der Waals surface area (Å²) in [5.74, 6) is -1.13. The fraction of sp³-hybridized carbons (Fsp3) is 0.846. The van der Waals surface area contributed by atoms with E-state index in [-0.39, 0.29) is 25.4 Å².